The van der Waals surface area contributed by atoms with E-state index in [9.17, 15) is 4.79 Å². The Morgan fingerprint density at radius 1 is 1.24 bits per heavy atom. The van der Waals surface area contributed by atoms with Gasteiger partial charge >= 0.3 is 0 Å². The third-order valence-corrected chi connectivity index (χ3v) is 5.58. The minimum absolute atomic E-state index is 0.103. The summed E-state index contributed by atoms with van der Waals surface area (Å²) in [6.07, 6.45) is 0. The number of nitrogens with two attached hydrogens (primary N) is 1. The first-order valence-electron chi connectivity index (χ1n) is 6.19. The Morgan fingerprint density at radius 2 is 2.00 bits per heavy atom. The van der Waals surface area contributed by atoms with E-state index in [4.69, 9.17) is 5.73 Å². The number of ketones is 1. The Balaban J connectivity index is 1.71. The highest BCUT2D eigenvalue weighted by molar-refractivity contribution is 9.10. The van der Waals surface area contributed by atoms with Crippen molar-refractivity contribution in [3.63, 3.8) is 0 Å². The lowest BCUT2D eigenvalue weighted by molar-refractivity contribution is 0.102. The zero-order valence-corrected chi connectivity index (χ0v) is 14.1. The number of nitrogen functional groups attached to an aromatic ring is 1. The van der Waals surface area contributed by atoms with Crippen LogP contribution in [-0.4, -0.2) is 16.5 Å². The van der Waals surface area contributed by atoms with E-state index in [-0.39, 0.29) is 5.78 Å². The van der Waals surface area contributed by atoms with Crippen molar-refractivity contribution in [2.45, 2.75) is 4.34 Å². The predicted octanol–water partition coefficient (Wildman–Crippen LogP) is 4.62. The zero-order valence-electron chi connectivity index (χ0n) is 10.9. The van der Waals surface area contributed by atoms with Crippen LogP contribution in [0.4, 0.5) is 5.69 Å². The second-order valence-electron chi connectivity index (χ2n) is 4.43. The molecule has 1 aromatic heterocycles. The van der Waals surface area contributed by atoms with E-state index in [2.05, 4.69) is 20.9 Å². The van der Waals surface area contributed by atoms with Crippen LogP contribution in [0.15, 0.2) is 51.3 Å². The molecule has 0 amide bonds. The molecule has 0 spiro atoms. The number of halogens is 1. The molecular weight excluding hydrogens is 368 g/mol. The molecule has 21 heavy (non-hydrogen) atoms. The van der Waals surface area contributed by atoms with Crippen LogP contribution >= 0.6 is 39.0 Å². The van der Waals surface area contributed by atoms with Crippen LogP contribution in [0.1, 0.15) is 10.4 Å². The predicted molar refractivity (Wildman–Crippen MR) is 93.2 cm³/mol. The molecule has 6 heteroatoms. The van der Waals surface area contributed by atoms with Gasteiger partial charge in [-0.1, -0.05) is 39.8 Å². The molecule has 3 aromatic rings. The number of aromatic nitrogens is 1. The molecule has 106 valence electrons. The highest BCUT2D eigenvalue weighted by atomic mass is 79.9. The fourth-order valence-electron chi connectivity index (χ4n) is 1.83. The summed E-state index contributed by atoms with van der Waals surface area (Å²) in [6, 6.07) is 13.0. The fourth-order valence-corrected chi connectivity index (χ4v) is 4.10. The first kappa shape index (κ1) is 14.6. The molecule has 2 N–H and O–H groups in total. The molecule has 0 aliphatic heterocycles. The minimum atomic E-state index is 0.103. The van der Waals surface area contributed by atoms with Crippen LogP contribution in [0.25, 0.3) is 10.2 Å². The van der Waals surface area contributed by atoms with E-state index in [0.29, 0.717) is 5.75 Å². The summed E-state index contributed by atoms with van der Waals surface area (Å²) in [4.78, 5) is 16.6. The van der Waals surface area contributed by atoms with E-state index in [1.807, 2.05) is 42.5 Å². The van der Waals surface area contributed by atoms with Gasteiger partial charge in [0.15, 0.2) is 10.1 Å². The van der Waals surface area contributed by atoms with E-state index < -0.39 is 0 Å². The van der Waals surface area contributed by atoms with Gasteiger partial charge in [0.1, 0.15) is 0 Å². The Labute approximate surface area is 138 Å². The molecule has 1 heterocycles. The normalized spacial score (nSPS) is 10.9. The van der Waals surface area contributed by atoms with Crippen molar-refractivity contribution in [1.29, 1.82) is 0 Å². The number of hydrogen-bond donors (Lipinski definition) is 1. The maximum absolute atomic E-state index is 12.1. The van der Waals surface area contributed by atoms with Gasteiger partial charge in [0.2, 0.25) is 0 Å². The van der Waals surface area contributed by atoms with Gasteiger partial charge in [0.25, 0.3) is 0 Å². The summed E-state index contributed by atoms with van der Waals surface area (Å²) < 4.78 is 2.91. The molecule has 0 saturated heterocycles. The smallest absolute Gasteiger partial charge is 0.173 e. The van der Waals surface area contributed by atoms with Crippen LogP contribution in [-0.2, 0) is 0 Å². The SMILES string of the molecule is Nc1ccc2nc(SCC(=O)c3ccc(Br)cc3)sc2c1. The fraction of sp³-hybridized carbons (Fsp3) is 0.0667. The number of carbonyl (C=O) groups excluding carboxylic acids is 1. The maximum atomic E-state index is 12.1. The van der Waals surface area contributed by atoms with Crippen molar-refractivity contribution >= 4 is 60.7 Å². The van der Waals surface area contributed by atoms with Crippen LogP contribution in [0.5, 0.6) is 0 Å². The van der Waals surface area contributed by atoms with E-state index in [0.717, 1.165) is 30.3 Å². The van der Waals surface area contributed by atoms with Crippen LogP contribution in [0, 0.1) is 0 Å². The molecule has 0 aliphatic rings. The van der Waals surface area contributed by atoms with Crippen molar-refractivity contribution in [3.8, 4) is 0 Å². The zero-order chi connectivity index (χ0) is 14.8. The van der Waals surface area contributed by atoms with Crippen LogP contribution in [0.3, 0.4) is 0 Å². The third kappa shape index (κ3) is 3.45. The highest BCUT2D eigenvalue weighted by Crippen LogP contribution is 2.31. The van der Waals surface area contributed by atoms with Crippen molar-refractivity contribution in [3.05, 3.63) is 52.5 Å². The van der Waals surface area contributed by atoms with Gasteiger partial charge in [-0.25, -0.2) is 4.98 Å². The summed E-state index contributed by atoms with van der Waals surface area (Å²) in [5, 5.41) is 0. The number of nitrogens with zero attached hydrogens (tertiary/aromatic N) is 1. The number of anilines is 1. The molecule has 0 unspecified atom stereocenters. The number of hydrogen-bond acceptors (Lipinski definition) is 5. The van der Waals surface area contributed by atoms with Gasteiger partial charge in [-0.2, -0.15) is 0 Å². The first-order valence-corrected chi connectivity index (χ1v) is 8.79. The molecule has 0 atom stereocenters. The topological polar surface area (TPSA) is 56.0 Å². The largest absolute Gasteiger partial charge is 0.399 e. The third-order valence-electron chi connectivity index (χ3n) is 2.89. The molecule has 0 saturated carbocycles. The first-order chi connectivity index (χ1) is 10.1. The molecule has 3 nitrogen and oxygen atoms in total. The van der Waals surface area contributed by atoms with Crippen molar-refractivity contribution in [2.75, 3.05) is 11.5 Å². The van der Waals surface area contributed by atoms with Crippen LogP contribution in [0.2, 0.25) is 0 Å². The number of benzene rings is 2. The summed E-state index contributed by atoms with van der Waals surface area (Å²) in [6.45, 7) is 0. The number of thioether (sulfide) groups is 1. The maximum Gasteiger partial charge on any atom is 0.173 e. The van der Waals surface area contributed by atoms with Gasteiger partial charge in [-0.05, 0) is 30.3 Å². The average Bonchev–Trinajstić information content (AvgIpc) is 2.87. The van der Waals surface area contributed by atoms with Crippen molar-refractivity contribution < 1.29 is 4.79 Å². The summed E-state index contributed by atoms with van der Waals surface area (Å²) in [5.41, 5.74) is 8.13. The summed E-state index contributed by atoms with van der Waals surface area (Å²) in [7, 11) is 0. The number of rotatable bonds is 4. The van der Waals surface area contributed by atoms with Gasteiger partial charge in [0.05, 0.1) is 16.0 Å². The lowest BCUT2D eigenvalue weighted by Gasteiger charge is -1.99. The molecular formula is C15H11BrN2OS2. The van der Waals surface area contributed by atoms with Crippen molar-refractivity contribution in [2.24, 2.45) is 0 Å². The lowest BCUT2D eigenvalue weighted by atomic mass is 10.2. The monoisotopic (exact) mass is 378 g/mol. The Morgan fingerprint density at radius 3 is 2.76 bits per heavy atom. The minimum Gasteiger partial charge on any atom is -0.399 e. The van der Waals surface area contributed by atoms with E-state index in [1.54, 1.807) is 11.3 Å². The summed E-state index contributed by atoms with van der Waals surface area (Å²) in [5.74, 6) is 0.489. The van der Waals surface area contributed by atoms with Gasteiger partial charge in [0, 0.05) is 15.7 Å². The van der Waals surface area contributed by atoms with Gasteiger partial charge in [-0.15, -0.1) is 11.3 Å². The number of carbonyl (C=O) groups is 1. The molecule has 0 fully saturated rings. The quantitative estimate of drug-likeness (QED) is 0.408. The number of Topliss-reactive ketones (excluding diaryl/α,β-unsaturated/α-hetero) is 1. The van der Waals surface area contributed by atoms with E-state index >= 15 is 0 Å². The molecule has 0 bridgehead atoms. The second-order valence-corrected chi connectivity index (χ2v) is 7.59. The number of fused-ring (bicyclic) bond motifs is 1. The Kier molecular flexibility index (Phi) is 4.28. The Hall–Kier alpha value is -1.37. The number of thiazole rings is 1. The molecule has 3 rings (SSSR count). The Bertz CT molecular complexity index is 799. The molecule has 2 aromatic carbocycles. The molecule has 0 radical (unpaired) electrons. The highest BCUT2D eigenvalue weighted by Gasteiger charge is 2.10. The van der Waals surface area contributed by atoms with Gasteiger partial charge in [-0.3, -0.25) is 4.79 Å². The summed E-state index contributed by atoms with van der Waals surface area (Å²) >= 11 is 6.39. The van der Waals surface area contributed by atoms with Crippen LogP contribution < -0.4 is 5.73 Å². The standard InChI is InChI=1S/C15H11BrN2OS2/c16-10-3-1-9(2-4-10)13(19)8-20-15-18-12-6-5-11(17)7-14(12)21-15/h1-7H,8,17H2. The average molecular weight is 379 g/mol. The lowest BCUT2D eigenvalue weighted by Crippen LogP contribution is -2.01. The van der Waals surface area contributed by atoms with Crippen molar-refractivity contribution in [1.82, 2.24) is 4.98 Å². The van der Waals surface area contributed by atoms with Gasteiger partial charge < -0.3 is 5.73 Å². The van der Waals surface area contributed by atoms with E-state index in [1.165, 1.54) is 11.8 Å². The second kappa shape index (κ2) is 6.17. The molecule has 0 aliphatic carbocycles.